The number of nitrogens with two attached hydrogens (primary N) is 1. The second kappa shape index (κ2) is 4.34. The van der Waals surface area contributed by atoms with Crippen LogP contribution in [0.2, 0.25) is 0 Å². The predicted molar refractivity (Wildman–Crippen MR) is 56.5 cm³/mol. The van der Waals surface area contributed by atoms with Gasteiger partial charge in [-0.2, -0.15) is 0 Å². The molecule has 0 unspecified atom stereocenters. The van der Waals surface area contributed by atoms with Crippen LogP contribution in [0.15, 0.2) is 6.07 Å². The molecule has 1 aromatic heterocycles. The fourth-order valence-electron chi connectivity index (χ4n) is 1.01. The van der Waals surface area contributed by atoms with E-state index in [0.717, 1.165) is 17.9 Å². The van der Waals surface area contributed by atoms with Gasteiger partial charge < -0.3 is 15.6 Å². The number of nitrogens with one attached hydrogen (secondary N) is 1. The van der Waals surface area contributed by atoms with Crippen LogP contribution in [0.25, 0.3) is 0 Å². The Morgan fingerprint density at radius 2 is 2.31 bits per heavy atom. The Kier molecular flexibility index (Phi) is 3.39. The molecule has 0 radical (unpaired) electrons. The van der Waals surface area contributed by atoms with E-state index in [1.165, 1.54) is 0 Å². The highest BCUT2D eigenvalue weighted by atomic mass is 32.1. The molecule has 1 heterocycles. The summed E-state index contributed by atoms with van der Waals surface area (Å²) in [5.74, 6) is 0.868. The van der Waals surface area contributed by atoms with Crippen LogP contribution in [0.3, 0.4) is 0 Å². The Morgan fingerprint density at radius 1 is 1.62 bits per heavy atom. The molecule has 0 saturated carbocycles. The quantitative estimate of drug-likeness (QED) is 0.702. The molecule has 13 heavy (non-hydrogen) atoms. The molecule has 0 aliphatic heterocycles. The van der Waals surface area contributed by atoms with Crippen molar-refractivity contribution in [1.82, 2.24) is 9.97 Å². The third-order valence-corrected chi connectivity index (χ3v) is 1.85. The van der Waals surface area contributed by atoms with E-state index in [4.69, 9.17) is 18.0 Å². The number of aromatic nitrogens is 2. The predicted octanol–water partition coefficient (Wildman–Crippen LogP) is 0.706. The van der Waals surface area contributed by atoms with E-state index in [2.05, 4.69) is 9.97 Å². The highest BCUT2D eigenvalue weighted by Crippen LogP contribution is 2.07. The van der Waals surface area contributed by atoms with Crippen molar-refractivity contribution >= 4 is 18.0 Å². The number of hydrogen-bond donors (Lipinski definition) is 2. The summed E-state index contributed by atoms with van der Waals surface area (Å²) >= 11 is 4.99. The molecular formula is C8H14N4S. The van der Waals surface area contributed by atoms with E-state index in [1.54, 1.807) is 0 Å². The van der Waals surface area contributed by atoms with Gasteiger partial charge in [-0.25, -0.2) is 4.98 Å². The number of anilines is 1. The van der Waals surface area contributed by atoms with E-state index in [-0.39, 0.29) is 0 Å². The molecule has 1 aromatic rings. The van der Waals surface area contributed by atoms with Gasteiger partial charge in [0.25, 0.3) is 0 Å². The number of aromatic amines is 1. The van der Waals surface area contributed by atoms with Crippen molar-refractivity contribution in [2.45, 2.75) is 6.42 Å². The van der Waals surface area contributed by atoms with Crippen LogP contribution >= 0.6 is 12.2 Å². The third kappa shape index (κ3) is 2.78. The maximum Gasteiger partial charge on any atom is 0.198 e. The van der Waals surface area contributed by atoms with Crippen molar-refractivity contribution in [3.05, 3.63) is 16.5 Å². The average molecular weight is 198 g/mol. The number of H-pyrrole nitrogens is 1. The molecule has 4 nitrogen and oxygen atoms in total. The molecule has 0 saturated heterocycles. The van der Waals surface area contributed by atoms with Gasteiger partial charge in [-0.1, -0.05) is 0 Å². The van der Waals surface area contributed by atoms with Crippen molar-refractivity contribution in [3.8, 4) is 0 Å². The molecule has 0 atom stereocenters. The Bertz CT molecular complexity index is 331. The van der Waals surface area contributed by atoms with Crippen LogP contribution in [-0.4, -0.2) is 30.6 Å². The SMILES string of the molecule is CN(C)c1cc(CCN)[nH]c(=S)n1. The van der Waals surface area contributed by atoms with E-state index in [0.29, 0.717) is 11.3 Å². The first-order chi connectivity index (χ1) is 6.13. The maximum absolute atomic E-state index is 5.45. The van der Waals surface area contributed by atoms with Gasteiger partial charge >= 0.3 is 0 Å². The molecule has 3 N–H and O–H groups in total. The van der Waals surface area contributed by atoms with Crippen LogP contribution in [0, 0.1) is 4.77 Å². The lowest BCUT2D eigenvalue weighted by Crippen LogP contribution is -2.13. The van der Waals surface area contributed by atoms with Gasteiger partial charge in [-0.15, -0.1) is 0 Å². The van der Waals surface area contributed by atoms with Gasteiger partial charge in [0.2, 0.25) is 0 Å². The highest BCUT2D eigenvalue weighted by molar-refractivity contribution is 7.71. The summed E-state index contributed by atoms with van der Waals surface area (Å²) in [4.78, 5) is 9.08. The Balaban J connectivity index is 3.04. The van der Waals surface area contributed by atoms with E-state index < -0.39 is 0 Å². The minimum Gasteiger partial charge on any atom is -0.363 e. The molecule has 0 aliphatic carbocycles. The van der Waals surface area contributed by atoms with Crippen molar-refractivity contribution in [3.63, 3.8) is 0 Å². The van der Waals surface area contributed by atoms with Crippen LogP contribution in [0.4, 0.5) is 5.82 Å². The van der Waals surface area contributed by atoms with Crippen LogP contribution in [0.1, 0.15) is 5.69 Å². The van der Waals surface area contributed by atoms with Gasteiger partial charge in [0, 0.05) is 25.9 Å². The van der Waals surface area contributed by atoms with E-state index in [9.17, 15) is 0 Å². The largest absolute Gasteiger partial charge is 0.363 e. The van der Waals surface area contributed by atoms with Crippen molar-refractivity contribution in [2.75, 3.05) is 25.5 Å². The summed E-state index contributed by atoms with van der Waals surface area (Å²) in [6, 6.07) is 1.96. The minimum atomic E-state index is 0.509. The van der Waals surface area contributed by atoms with Gasteiger partial charge in [0.15, 0.2) is 4.77 Å². The lowest BCUT2D eigenvalue weighted by Gasteiger charge is -2.11. The molecule has 72 valence electrons. The molecule has 0 amide bonds. The molecular weight excluding hydrogens is 184 g/mol. The Morgan fingerprint density at radius 3 is 2.85 bits per heavy atom. The van der Waals surface area contributed by atoms with E-state index >= 15 is 0 Å². The molecule has 0 fully saturated rings. The van der Waals surface area contributed by atoms with Gasteiger partial charge in [0.1, 0.15) is 5.82 Å². The monoisotopic (exact) mass is 198 g/mol. The Hall–Kier alpha value is -0.940. The normalized spacial score (nSPS) is 10.1. The smallest absolute Gasteiger partial charge is 0.198 e. The van der Waals surface area contributed by atoms with Crippen molar-refractivity contribution < 1.29 is 0 Å². The van der Waals surface area contributed by atoms with Gasteiger partial charge in [-0.05, 0) is 25.2 Å². The van der Waals surface area contributed by atoms with Gasteiger partial charge in [-0.3, -0.25) is 0 Å². The standard InChI is InChI=1S/C8H14N4S/c1-12(2)7-5-6(3-4-9)10-8(13)11-7/h5H,3-4,9H2,1-2H3,(H,10,11,13). The first kappa shape index (κ1) is 10.1. The summed E-state index contributed by atoms with van der Waals surface area (Å²) < 4.78 is 0.509. The molecule has 5 heteroatoms. The zero-order valence-corrected chi connectivity index (χ0v) is 8.69. The third-order valence-electron chi connectivity index (χ3n) is 1.66. The summed E-state index contributed by atoms with van der Waals surface area (Å²) in [7, 11) is 3.87. The van der Waals surface area contributed by atoms with Crippen LogP contribution < -0.4 is 10.6 Å². The molecule has 1 rings (SSSR count). The second-order valence-electron chi connectivity index (χ2n) is 3.00. The average Bonchev–Trinajstić information content (AvgIpc) is 2.03. The zero-order valence-electron chi connectivity index (χ0n) is 7.87. The maximum atomic E-state index is 5.45. The van der Waals surface area contributed by atoms with E-state index in [1.807, 2.05) is 25.1 Å². The molecule has 0 bridgehead atoms. The fraction of sp³-hybridized carbons (Fsp3) is 0.500. The fourth-order valence-corrected chi connectivity index (χ4v) is 1.24. The first-order valence-electron chi connectivity index (χ1n) is 4.11. The van der Waals surface area contributed by atoms with Crippen LogP contribution in [0.5, 0.6) is 0 Å². The molecule has 0 aliphatic rings. The first-order valence-corrected chi connectivity index (χ1v) is 4.52. The van der Waals surface area contributed by atoms with Crippen molar-refractivity contribution in [2.24, 2.45) is 5.73 Å². The lowest BCUT2D eigenvalue weighted by molar-refractivity contribution is 0.893. The summed E-state index contributed by atoms with van der Waals surface area (Å²) in [6.45, 7) is 0.613. The summed E-state index contributed by atoms with van der Waals surface area (Å²) in [6.07, 6.45) is 0.799. The lowest BCUT2D eigenvalue weighted by atomic mass is 10.3. The number of nitrogens with zero attached hydrogens (tertiary/aromatic N) is 2. The molecule has 0 aromatic carbocycles. The number of hydrogen-bond acceptors (Lipinski definition) is 4. The molecule has 0 spiro atoms. The zero-order chi connectivity index (χ0) is 9.84. The Labute approximate surface area is 82.8 Å². The van der Waals surface area contributed by atoms with Crippen LogP contribution in [-0.2, 0) is 6.42 Å². The summed E-state index contributed by atoms with van der Waals surface area (Å²) in [5, 5.41) is 0. The summed E-state index contributed by atoms with van der Waals surface area (Å²) in [5.41, 5.74) is 6.48. The number of rotatable bonds is 3. The minimum absolute atomic E-state index is 0.509. The highest BCUT2D eigenvalue weighted by Gasteiger charge is 1.99. The van der Waals surface area contributed by atoms with Crippen molar-refractivity contribution in [1.29, 1.82) is 0 Å². The second-order valence-corrected chi connectivity index (χ2v) is 3.39. The topological polar surface area (TPSA) is 57.9 Å². The van der Waals surface area contributed by atoms with Gasteiger partial charge in [0.05, 0.1) is 0 Å².